The van der Waals surface area contributed by atoms with Gasteiger partial charge in [-0.2, -0.15) is 0 Å². The van der Waals surface area contributed by atoms with Gasteiger partial charge in [0, 0.05) is 35.9 Å². The van der Waals surface area contributed by atoms with Gasteiger partial charge in [-0.15, -0.1) is 0 Å². The third kappa shape index (κ3) is 5.03. The molecule has 0 bridgehead atoms. The third-order valence-corrected chi connectivity index (χ3v) is 3.92. The molecule has 3 heteroatoms. The van der Waals surface area contributed by atoms with Crippen LogP contribution in [-0.2, 0) is 11.2 Å². The fraction of sp³-hybridized carbons (Fsp3) is 0.333. The molecule has 0 aromatic heterocycles. The minimum Gasteiger partial charge on any atom is -0.313 e. The summed E-state index contributed by atoms with van der Waals surface area (Å²) in [6, 6.07) is 10.7. The molecular weight excluding hydrogens is 278 g/mol. The SMILES string of the molecule is CC(Cc1ccccc1)NCCC(=O)C1=CC=CCC1=S. The Hall–Kier alpha value is -1.58. The Balaban J connectivity index is 1.74. The van der Waals surface area contributed by atoms with Gasteiger partial charge in [0.2, 0.25) is 0 Å². The van der Waals surface area contributed by atoms with E-state index >= 15 is 0 Å². The Morgan fingerprint density at radius 1 is 1.33 bits per heavy atom. The van der Waals surface area contributed by atoms with Gasteiger partial charge in [-0.3, -0.25) is 4.79 Å². The Morgan fingerprint density at radius 2 is 2.10 bits per heavy atom. The van der Waals surface area contributed by atoms with Crippen molar-refractivity contribution in [3.8, 4) is 0 Å². The van der Waals surface area contributed by atoms with Crippen LogP contribution in [0.4, 0.5) is 0 Å². The lowest BCUT2D eigenvalue weighted by Crippen LogP contribution is -2.30. The lowest BCUT2D eigenvalue weighted by atomic mass is 9.99. The highest BCUT2D eigenvalue weighted by molar-refractivity contribution is 7.81. The minimum atomic E-state index is 0.142. The number of hydrogen-bond donors (Lipinski definition) is 1. The van der Waals surface area contributed by atoms with E-state index in [0.717, 1.165) is 11.3 Å². The first-order valence-corrected chi connectivity index (χ1v) is 7.78. The average molecular weight is 299 g/mol. The number of nitrogens with one attached hydrogen (secondary N) is 1. The van der Waals surface area contributed by atoms with Gasteiger partial charge in [-0.05, 0) is 18.9 Å². The molecule has 1 unspecified atom stereocenters. The number of thiocarbonyl (C=S) groups is 1. The quantitative estimate of drug-likeness (QED) is 0.782. The monoisotopic (exact) mass is 299 g/mol. The minimum absolute atomic E-state index is 0.142. The smallest absolute Gasteiger partial charge is 0.165 e. The molecule has 1 N–H and O–H groups in total. The molecule has 110 valence electrons. The molecule has 0 saturated heterocycles. The topological polar surface area (TPSA) is 29.1 Å². The van der Waals surface area contributed by atoms with Crippen LogP contribution < -0.4 is 5.32 Å². The first kappa shape index (κ1) is 15.8. The van der Waals surface area contributed by atoms with Crippen molar-refractivity contribution in [3.63, 3.8) is 0 Å². The van der Waals surface area contributed by atoms with Crippen molar-refractivity contribution in [1.29, 1.82) is 0 Å². The zero-order valence-corrected chi connectivity index (χ0v) is 13.2. The zero-order chi connectivity index (χ0) is 15.1. The van der Waals surface area contributed by atoms with Crippen LogP contribution in [0.3, 0.4) is 0 Å². The molecule has 0 saturated carbocycles. The maximum atomic E-state index is 12.1. The average Bonchev–Trinajstić information content (AvgIpc) is 2.48. The molecule has 1 atom stereocenters. The Morgan fingerprint density at radius 3 is 2.81 bits per heavy atom. The summed E-state index contributed by atoms with van der Waals surface area (Å²) >= 11 is 5.23. The standard InChI is InChI=1S/C18H21NOS/c1-14(13-15-7-3-2-4-8-15)19-12-11-17(20)16-9-5-6-10-18(16)21/h2-9,14,19H,10-13H2,1H3. The molecule has 1 aliphatic carbocycles. The van der Waals surface area contributed by atoms with Crippen molar-refractivity contribution < 1.29 is 4.79 Å². The second-order valence-corrected chi connectivity index (χ2v) is 5.85. The van der Waals surface area contributed by atoms with Crippen molar-refractivity contribution in [3.05, 3.63) is 59.7 Å². The molecule has 0 radical (unpaired) electrons. The normalized spacial score (nSPS) is 15.7. The summed E-state index contributed by atoms with van der Waals surface area (Å²) in [7, 11) is 0. The van der Waals surface area contributed by atoms with E-state index in [-0.39, 0.29) is 5.78 Å². The van der Waals surface area contributed by atoms with Crippen LogP contribution in [0.15, 0.2) is 54.1 Å². The van der Waals surface area contributed by atoms with Crippen LogP contribution >= 0.6 is 12.2 Å². The summed E-state index contributed by atoms with van der Waals surface area (Å²) in [6.45, 7) is 2.83. The number of carbonyl (C=O) groups excluding carboxylic acids is 1. The van der Waals surface area contributed by atoms with Crippen molar-refractivity contribution in [2.24, 2.45) is 0 Å². The van der Waals surface area contributed by atoms with Crippen molar-refractivity contribution in [2.75, 3.05) is 6.54 Å². The predicted molar refractivity (Wildman–Crippen MR) is 91.7 cm³/mol. The number of allylic oxidation sites excluding steroid dienone is 4. The summed E-state index contributed by atoms with van der Waals surface area (Å²) in [5, 5.41) is 3.41. The van der Waals surface area contributed by atoms with E-state index < -0.39 is 0 Å². The Labute approximate surface area is 131 Å². The number of benzene rings is 1. The third-order valence-electron chi connectivity index (χ3n) is 3.53. The molecule has 21 heavy (non-hydrogen) atoms. The molecule has 2 nitrogen and oxygen atoms in total. The number of rotatable bonds is 7. The molecule has 0 amide bonds. The van der Waals surface area contributed by atoms with Crippen LogP contribution in [0.25, 0.3) is 0 Å². The predicted octanol–water partition coefficient (Wildman–Crippen LogP) is 3.42. The van der Waals surface area contributed by atoms with Gasteiger partial charge in [-0.1, -0.05) is 60.8 Å². The summed E-state index contributed by atoms with van der Waals surface area (Å²) in [4.78, 5) is 12.9. The van der Waals surface area contributed by atoms with Gasteiger partial charge < -0.3 is 5.32 Å². The van der Waals surface area contributed by atoms with Crippen LogP contribution in [0.2, 0.25) is 0 Å². The highest BCUT2D eigenvalue weighted by Crippen LogP contribution is 2.12. The van der Waals surface area contributed by atoms with E-state index in [9.17, 15) is 4.79 Å². The van der Waals surface area contributed by atoms with Crippen molar-refractivity contribution >= 4 is 22.9 Å². The Kier molecular flexibility index (Phi) is 6.03. The molecule has 0 spiro atoms. The largest absolute Gasteiger partial charge is 0.313 e. The summed E-state index contributed by atoms with van der Waals surface area (Å²) < 4.78 is 0. The Bertz CT molecular complexity index is 560. The number of carbonyl (C=O) groups is 1. The van der Waals surface area contributed by atoms with E-state index in [1.807, 2.05) is 24.3 Å². The second-order valence-electron chi connectivity index (χ2n) is 5.35. The lowest BCUT2D eigenvalue weighted by molar-refractivity contribution is -0.115. The van der Waals surface area contributed by atoms with E-state index in [1.54, 1.807) is 0 Å². The summed E-state index contributed by atoms with van der Waals surface area (Å²) in [6.07, 6.45) is 7.91. The van der Waals surface area contributed by atoms with E-state index in [1.165, 1.54) is 5.56 Å². The van der Waals surface area contributed by atoms with E-state index in [4.69, 9.17) is 12.2 Å². The van der Waals surface area contributed by atoms with Gasteiger partial charge in [0.15, 0.2) is 5.78 Å². The highest BCUT2D eigenvalue weighted by atomic mass is 32.1. The van der Waals surface area contributed by atoms with Gasteiger partial charge >= 0.3 is 0 Å². The van der Waals surface area contributed by atoms with Gasteiger partial charge in [-0.25, -0.2) is 0 Å². The van der Waals surface area contributed by atoms with E-state index in [2.05, 4.69) is 36.5 Å². The molecule has 1 aliphatic rings. The van der Waals surface area contributed by atoms with Crippen LogP contribution in [0.5, 0.6) is 0 Å². The van der Waals surface area contributed by atoms with Gasteiger partial charge in [0.1, 0.15) is 0 Å². The number of ketones is 1. The van der Waals surface area contributed by atoms with E-state index in [0.29, 0.717) is 31.0 Å². The van der Waals surface area contributed by atoms with Crippen LogP contribution in [0.1, 0.15) is 25.3 Å². The second kappa shape index (κ2) is 8.01. The highest BCUT2D eigenvalue weighted by Gasteiger charge is 2.15. The maximum Gasteiger partial charge on any atom is 0.165 e. The lowest BCUT2D eigenvalue weighted by Gasteiger charge is -2.14. The van der Waals surface area contributed by atoms with Crippen molar-refractivity contribution in [1.82, 2.24) is 5.32 Å². The fourth-order valence-electron chi connectivity index (χ4n) is 2.40. The molecule has 0 fully saturated rings. The molecule has 0 aliphatic heterocycles. The molecular formula is C18H21NOS. The fourth-order valence-corrected chi connectivity index (χ4v) is 2.68. The summed E-state index contributed by atoms with van der Waals surface area (Å²) in [5.74, 6) is 0.142. The van der Waals surface area contributed by atoms with Gasteiger partial charge in [0.25, 0.3) is 0 Å². The number of hydrogen-bond acceptors (Lipinski definition) is 3. The maximum absolute atomic E-state index is 12.1. The van der Waals surface area contributed by atoms with Crippen LogP contribution in [0, 0.1) is 0 Å². The van der Waals surface area contributed by atoms with Crippen LogP contribution in [-0.4, -0.2) is 23.2 Å². The summed E-state index contributed by atoms with van der Waals surface area (Å²) in [5.41, 5.74) is 2.02. The zero-order valence-electron chi connectivity index (χ0n) is 12.3. The first-order chi connectivity index (χ1) is 10.2. The molecule has 1 aromatic carbocycles. The van der Waals surface area contributed by atoms with Crippen molar-refractivity contribution in [2.45, 2.75) is 32.2 Å². The van der Waals surface area contributed by atoms with Gasteiger partial charge in [0.05, 0.1) is 0 Å². The molecule has 2 rings (SSSR count). The number of Topliss-reactive ketones (excluding diaryl/α,β-unsaturated/α-hetero) is 1. The molecule has 0 heterocycles. The first-order valence-electron chi connectivity index (χ1n) is 7.37. The molecule has 1 aromatic rings.